The molecule has 3 atom stereocenters. The molecule has 3 unspecified atom stereocenters. The van der Waals surface area contributed by atoms with Gasteiger partial charge in [0.1, 0.15) is 6.10 Å². The van der Waals surface area contributed by atoms with E-state index in [1.165, 1.54) is 17.3 Å². The van der Waals surface area contributed by atoms with Crippen molar-refractivity contribution in [2.24, 2.45) is 0 Å². The fourth-order valence-corrected chi connectivity index (χ4v) is 2.80. The molecule has 0 amide bonds. The summed E-state index contributed by atoms with van der Waals surface area (Å²) < 4.78 is 17.3. The Hall–Kier alpha value is 0.930. The fraction of sp³-hybridized carbons (Fsp3) is 1.00. The molecule has 0 aromatic rings. The maximum absolute atomic E-state index is 5.89. The van der Waals surface area contributed by atoms with E-state index in [4.69, 9.17) is 14.2 Å². The van der Waals surface area contributed by atoms with Crippen LogP contribution < -0.4 is 0 Å². The van der Waals surface area contributed by atoms with Crippen molar-refractivity contribution in [1.82, 2.24) is 0 Å². The highest BCUT2D eigenvalue weighted by molar-refractivity contribution is 8.07. The summed E-state index contributed by atoms with van der Waals surface area (Å²) in [6, 6.07) is 0. The van der Waals surface area contributed by atoms with Crippen molar-refractivity contribution in [3.8, 4) is 0 Å². The molecule has 0 aromatic heterocycles. The van der Waals surface area contributed by atoms with Crippen LogP contribution in [0.1, 0.15) is 0 Å². The maximum Gasteiger partial charge on any atom is 0.104 e. The molecule has 0 radical (unpaired) electrons. The van der Waals surface area contributed by atoms with Crippen LogP contribution in [0.4, 0.5) is 0 Å². The van der Waals surface area contributed by atoms with Crippen LogP contribution in [0.3, 0.4) is 0 Å². The number of ether oxygens (including phenoxy) is 3. The highest BCUT2D eigenvalue weighted by Gasteiger charge is 2.27. The van der Waals surface area contributed by atoms with E-state index >= 15 is 0 Å². The molecular formula is C12H20O3S3. The van der Waals surface area contributed by atoms with Gasteiger partial charge in [0.25, 0.3) is 0 Å². The van der Waals surface area contributed by atoms with Gasteiger partial charge >= 0.3 is 0 Å². The van der Waals surface area contributed by atoms with Crippen molar-refractivity contribution in [3.63, 3.8) is 0 Å². The van der Waals surface area contributed by atoms with Crippen molar-refractivity contribution < 1.29 is 14.2 Å². The van der Waals surface area contributed by atoms with Gasteiger partial charge in [0.15, 0.2) is 0 Å². The van der Waals surface area contributed by atoms with E-state index in [1.54, 1.807) is 0 Å². The molecular weight excluding hydrogens is 288 g/mol. The topological polar surface area (TPSA) is 27.7 Å². The van der Waals surface area contributed by atoms with E-state index in [-0.39, 0.29) is 6.10 Å². The molecule has 0 spiro atoms. The molecule has 0 saturated carbocycles. The highest BCUT2D eigenvalue weighted by Crippen LogP contribution is 2.31. The molecule has 3 aliphatic heterocycles. The SMILES string of the molecule is C(OCC1CS1)C(COCC1CS1)OCC1CS1. The summed E-state index contributed by atoms with van der Waals surface area (Å²) in [5.74, 6) is 3.78. The molecule has 104 valence electrons. The third-order valence-electron chi connectivity index (χ3n) is 2.94. The zero-order chi connectivity index (χ0) is 12.2. The Labute approximate surface area is 121 Å². The monoisotopic (exact) mass is 308 g/mol. The van der Waals surface area contributed by atoms with E-state index in [2.05, 4.69) is 0 Å². The van der Waals surface area contributed by atoms with Gasteiger partial charge in [-0.3, -0.25) is 0 Å². The summed E-state index contributed by atoms with van der Waals surface area (Å²) >= 11 is 5.92. The van der Waals surface area contributed by atoms with Crippen molar-refractivity contribution >= 4 is 35.3 Å². The van der Waals surface area contributed by atoms with Crippen molar-refractivity contribution in [1.29, 1.82) is 0 Å². The molecule has 18 heavy (non-hydrogen) atoms. The first kappa shape index (κ1) is 13.9. The second-order valence-electron chi connectivity index (χ2n) is 4.90. The van der Waals surface area contributed by atoms with Crippen LogP contribution >= 0.6 is 35.3 Å². The minimum atomic E-state index is 0.124. The van der Waals surface area contributed by atoms with Gasteiger partial charge in [-0.05, 0) is 0 Å². The van der Waals surface area contributed by atoms with Gasteiger partial charge in [0.2, 0.25) is 0 Å². The second-order valence-corrected chi connectivity index (χ2v) is 8.90. The van der Waals surface area contributed by atoms with E-state index in [9.17, 15) is 0 Å². The molecule has 3 fully saturated rings. The molecule has 0 N–H and O–H groups in total. The lowest BCUT2D eigenvalue weighted by molar-refractivity contribution is -0.0554. The van der Waals surface area contributed by atoms with Crippen LogP contribution in [0.2, 0.25) is 0 Å². The van der Waals surface area contributed by atoms with Crippen LogP contribution in [0, 0.1) is 0 Å². The molecule has 3 saturated heterocycles. The normalized spacial score (nSPS) is 34.3. The summed E-state index contributed by atoms with van der Waals surface area (Å²) in [6.45, 7) is 3.99. The van der Waals surface area contributed by atoms with Crippen molar-refractivity contribution in [2.75, 3.05) is 50.3 Å². The minimum Gasteiger partial charge on any atom is -0.377 e. The van der Waals surface area contributed by atoms with Crippen LogP contribution in [-0.4, -0.2) is 72.1 Å². The molecule has 0 bridgehead atoms. The van der Waals surface area contributed by atoms with E-state index in [0.29, 0.717) is 13.2 Å². The average molecular weight is 308 g/mol. The number of hydrogen-bond donors (Lipinski definition) is 0. The van der Waals surface area contributed by atoms with Crippen LogP contribution in [0.5, 0.6) is 0 Å². The number of thioether (sulfide) groups is 3. The Bertz CT molecular complexity index is 237. The molecule has 3 aliphatic rings. The Balaban J connectivity index is 1.28. The lowest BCUT2D eigenvalue weighted by atomic mass is 10.4. The summed E-state index contributed by atoms with van der Waals surface area (Å²) in [5, 5.41) is 2.22. The van der Waals surface area contributed by atoms with Gasteiger partial charge in [0.05, 0.1) is 33.0 Å². The summed E-state index contributed by atoms with van der Waals surface area (Å²) in [6.07, 6.45) is 0.124. The first-order valence-corrected chi connectivity index (χ1v) is 9.66. The fourth-order valence-electron chi connectivity index (χ4n) is 1.54. The molecule has 0 aromatic carbocycles. The molecule has 6 heteroatoms. The predicted octanol–water partition coefficient (Wildman–Crippen LogP) is 1.75. The van der Waals surface area contributed by atoms with Gasteiger partial charge in [0, 0.05) is 33.0 Å². The standard InChI is InChI=1S/C12H20O3S3/c1(13-3-10-6-16-10)9(15-5-12-8-18-12)2-14-4-11-7-17-11/h9-12H,1-8H2. The number of hydrogen-bond acceptors (Lipinski definition) is 6. The lowest BCUT2D eigenvalue weighted by Crippen LogP contribution is -2.28. The number of rotatable bonds is 11. The van der Waals surface area contributed by atoms with E-state index in [1.807, 2.05) is 35.3 Å². The Morgan fingerprint density at radius 2 is 1.22 bits per heavy atom. The van der Waals surface area contributed by atoms with Crippen LogP contribution in [0.25, 0.3) is 0 Å². The quantitative estimate of drug-likeness (QED) is 0.540. The summed E-state index contributed by atoms with van der Waals surface area (Å²) in [5.41, 5.74) is 0. The second kappa shape index (κ2) is 7.09. The summed E-state index contributed by atoms with van der Waals surface area (Å²) in [7, 11) is 0. The smallest absolute Gasteiger partial charge is 0.104 e. The lowest BCUT2D eigenvalue weighted by Gasteiger charge is -2.17. The van der Waals surface area contributed by atoms with E-state index in [0.717, 1.165) is 35.6 Å². The first-order chi connectivity index (χ1) is 8.90. The maximum atomic E-state index is 5.89. The van der Waals surface area contributed by atoms with Crippen molar-refractivity contribution in [2.45, 2.75) is 21.9 Å². The Morgan fingerprint density at radius 3 is 1.67 bits per heavy atom. The van der Waals surface area contributed by atoms with Gasteiger partial charge < -0.3 is 14.2 Å². The third-order valence-corrected chi connectivity index (χ3v) is 5.76. The predicted molar refractivity (Wildman–Crippen MR) is 80.1 cm³/mol. The van der Waals surface area contributed by atoms with Crippen molar-refractivity contribution in [3.05, 3.63) is 0 Å². The molecule has 0 aliphatic carbocycles. The molecule has 3 heterocycles. The van der Waals surface area contributed by atoms with E-state index < -0.39 is 0 Å². The minimum absolute atomic E-state index is 0.124. The van der Waals surface area contributed by atoms with Gasteiger partial charge in [-0.2, -0.15) is 35.3 Å². The largest absolute Gasteiger partial charge is 0.377 e. The van der Waals surface area contributed by atoms with Crippen LogP contribution in [-0.2, 0) is 14.2 Å². The first-order valence-electron chi connectivity index (χ1n) is 6.52. The zero-order valence-corrected chi connectivity index (χ0v) is 12.9. The molecule has 3 rings (SSSR count). The van der Waals surface area contributed by atoms with Gasteiger partial charge in [-0.25, -0.2) is 0 Å². The van der Waals surface area contributed by atoms with Gasteiger partial charge in [-0.1, -0.05) is 0 Å². The summed E-state index contributed by atoms with van der Waals surface area (Å²) in [4.78, 5) is 0. The Kier molecular flexibility index (Phi) is 5.47. The zero-order valence-electron chi connectivity index (χ0n) is 10.4. The molecule has 3 nitrogen and oxygen atoms in total. The Morgan fingerprint density at radius 1 is 0.778 bits per heavy atom. The van der Waals surface area contributed by atoms with Crippen LogP contribution in [0.15, 0.2) is 0 Å². The third kappa shape index (κ3) is 5.92. The highest BCUT2D eigenvalue weighted by atomic mass is 32.2. The van der Waals surface area contributed by atoms with Gasteiger partial charge in [-0.15, -0.1) is 0 Å². The average Bonchev–Trinajstić information content (AvgIpc) is 3.23.